The second-order valence-electron chi connectivity index (χ2n) is 8.87. The Balaban J connectivity index is 1.82. The van der Waals surface area contributed by atoms with E-state index in [0.29, 0.717) is 17.1 Å². The molecule has 1 amide bonds. The van der Waals surface area contributed by atoms with Gasteiger partial charge in [0.15, 0.2) is 0 Å². The van der Waals surface area contributed by atoms with E-state index in [1.165, 1.54) is 0 Å². The predicted octanol–water partition coefficient (Wildman–Crippen LogP) is 4.26. The highest BCUT2D eigenvalue weighted by atomic mass is 16.1. The molecule has 3 heterocycles. The van der Waals surface area contributed by atoms with Gasteiger partial charge in [0, 0.05) is 65.3 Å². The van der Waals surface area contributed by atoms with Gasteiger partial charge >= 0.3 is 0 Å². The fourth-order valence-electron chi connectivity index (χ4n) is 4.35. The van der Waals surface area contributed by atoms with E-state index in [1.54, 1.807) is 13.2 Å². The highest BCUT2D eigenvalue weighted by Crippen LogP contribution is 2.32. The van der Waals surface area contributed by atoms with E-state index in [9.17, 15) is 9.59 Å². The van der Waals surface area contributed by atoms with Crippen molar-refractivity contribution in [1.29, 1.82) is 0 Å². The Morgan fingerprint density at radius 2 is 1.91 bits per heavy atom. The van der Waals surface area contributed by atoms with Crippen molar-refractivity contribution >= 4 is 22.8 Å². The first-order valence-corrected chi connectivity index (χ1v) is 11.3. The van der Waals surface area contributed by atoms with Crippen molar-refractivity contribution in [3.8, 4) is 11.3 Å². The largest absolute Gasteiger partial charge is 0.357 e. The summed E-state index contributed by atoms with van der Waals surface area (Å²) in [6.07, 6.45) is 3.76. The summed E-state index contributed by atoms with van der Waals surface area (Å²) in [7, 11) is 1.77. The van der Waals surface area contributed by atoms with Crippen LogP contribution in [0.3, 0.4) is 0 Å². The van der Waals surface area contributed by atoms with Crippen LogP contribution >= 0.6 is 0 Å². The highest BCUT2D eigenvalue weighted by Gasteiger charge is 2.20. The van der Waals surface area contributed by atoms with Crippen LogP contribution in [0, 0.1) is 20.8 Å². The number of hydrogen-bond donors (Lipinski definition) is 3. The van der Waals surface area contributed by atoms with Crippen molar-refractivity contribution in [3.05, 3.63) is 75.0 Å². The average molecular weight is 459 g/mol. The lowest BCUT2D eigenvalue weighted by atomic mass is 10.0. The standard InChI is InChI=1S/C26H30N6O2/c1-14(2)32-13-16(4)23-19(24(33)29-12-20-15(3)9-17(5)30-25(20)34)10-18(11-22(23)32)21-7-8-28-26(27-6)31-21/h7-11,13-14H,12H2,1-6H3,(H,29,33)(H,30,34)(H,27,28,31). The molecule has 0 fully saturated rings. The molecule has 0 spiro atoms. The Bertz CT molecular complexity index is 1450. The summed E-state index contributed by atoms with van der Waals surface area (Å²) < 4.78 is 2.17. The third-order valence-electron chi connectivity index (χ3n) is 6.02. The minimum atomic E-state index is -0.237. The Hall–Kier alpha value is -3.94. The number of amides is 1. The fourth-order valence-corrected chi connectivity index (χ4v) is 4.35. The molecule has 0 radical (unpaired) electrons. The number of nitrogens with zero attached hydrogens (tertiary/aromatic N) is 3. The number of carbonyl (C=O) groups is 1. The number of benzene rings is 1. The second kappa shape index (κ2) is 9.13. The smallest absolute Gasteiger partial charge is 0.253 e. The van der Waals surface area contributed by atoms with Gasteiger partial charge in [0.05, 0.1) is 5.69 Å². The van der Waals surface area contributed by atoms with Crippen LogP contribution in [-0.4, -0.2) is 32.5 Å². The molecule has 34 heavy (non-hydrogen) atoms. The summed E-state index contributed by atoms with van der Waals surface area (Å²) in [6, 6.07) is 7.88. The van der Waals surface area contributed by atoms with Gasteiger partial charge in [0.1, 0.15) is 0 Å². The second-order valence-corrected chi connectivity index (χ2v) is 8.87. The molecule has 0 aliphatic rings. The third kappa shape index (κ3) is 4.31. The molecular formula is C26H30N6O2. The quantitative estimate of drug-likeness (QED) is 0.400. The van der Waals surface area contributed by atoms with Crippen LogP contribution in [0.1, 0.15) is 52.6 Å². The number of anilines is 1. The van der Waals surface area contributed by atoms with Gasteiger partial charge < -0.3 is 20.2 Å². The maximum Gasteiger partial charge on any atom is 0.253 e. The van der Waals surface area contributed by atoms with Gasteiger partial charge in [0.2, 0.25) is 5.95 Å². The summed E-state index contributed by atoms with van der Waals surface area (Å²) in [6.45, 7) is 10.1. The van der Waals surface area contributed by atoms with Crippen LogP contribution in [-0.2, 0) is 6.54 Å². The Labute approximate surface area is 198 Å². The molecule has 0 aliphatic carbocycles. The zero-order valence-electron chi connectivity index (χ0n) is 20.4. The van der Waals surface area contributed by atoms with Crippen molar-refractivity contribution in [2.24, 2.45) is 0 Å². The van der Waals surface area contributed by atoms with E-state index < -0.39 is 0 Å². The number of fused-ring (bicyclic) bond motifs is 1. The fraction of sp³-hybridized carbons (Fsp3) is 0.308. The van der Waals surface area contributed by atoms with E-state index >= 15 is 0 Å². The van der Waals surface area contributed by atoms with Crippen LogP contribution in [0.2, 0.25) is 0 Å². The van der Waals surface area contributed by atoms with Gasteiger partial charge in [-0.2, -0.15) is 0 Å². The minimum Gasteiger partial charge on any atom is -0.357 e. The normalized spacial score (nSPS) is 11.3. The van der Waals surface area contributed by atoms with Gasteiger partial charge in [-0.05, 0) is 70.0 Å². The number of carbonyl (C=O) groups excluding carboxylic acids is 1. The van der Waals surface area contributed by atoms with Crippen LogP contribution in [0.25, 0.3) is 22.2 Å². The minimum absolute atomic E-state index is 0.146. The van der Waals surface area contributed by atoms with Crippen molar-refractivity contribution in [3.63, 3.8) is 0 Å². The third-order valence-corrected chi connectivity index (χ3v) is 6.02. The topological polar surface area (TPSA) is 105 Å². The Morgan fingerprint density at radius 1 is 1.15 bits per heavy atom. The van der Waals surface area contributed by atoms with Gasteiger partial charge in [-0.15, -0.1) is 0 Å². The number of nitrogens with one attached hydrogen (secondary N) is 3. The molecule has 0 atom stereocenters. The van der Waals surface area contributed by atoms with Gasteiger partial charge in [-0.25, -0.2) is 9.97 Å². The molecule has 0 saturated carbocycles. The molecule has 0 bridgehead atoms. The monoisotopic (exact) mass is 458 g/mol. The summed E-state index contributed by atoms with van der Waals surface area (Å²) in [5.41, 5.74) is 6.09. The number of aryl methyl sites for hydroxylation is 3. The molecule has 1 aromatic carbocycles. The first-order chi connectivity index (χ1) is 16.2. The van der Waals surface area contributed by atoms with E-state index in [0.717, 1.165) is 39.0 Å². The van der Waals surface area contributed by atoms with Crippen molar-refractivity contribution in [2.75, 3.05) is 12.4 Å². The summed E-state index contributed by atoms with van der Waals surface area (Å²) >= 11 is 0. The van der Waals surface area contributed by atoms with Gasteiger partial charge in [-0.3, -0.25) is 9.59 Å². The van der Waals surface area contributed by atoms with Gasteiger partial charge in [0.25, 0.3) is 11.5 Å². The van der Waals surface area contributed by atoms with Crippen LogP contribution in [0.4, 0.5) is 5.95 Å². The average Bonchev–Trinajstić information content (AvgIpc) is 3.14. The van der Waals surface area contributed by atoms with Gasteiger partial charge in [-0.1, -0.05) is 0 Å². The van der Waals surface area contributed by atoms with Crippen LogP contribution in [0.15, 0.2) is 41.5 Å². The number of H-pyrrole nitrogens is 1. The van der Waals surface area contributed by atoms with E-state index in [1.807, 2.05) is 39.0 Å². The number of hydrogen-bond acceptors (Lipinski definition) is 5. The molecule has 3 aromatic heterocycles. The Morgan fingerprint density at radius 3 is 2.59 bits per heavy atom. The summed E-state index contributed by atoms with van der Waals surface area (Å²) in [4.78, 5) is 37.5. The molecule has 8 heteroatoms. The van der Waals surface area contributed by atoms with E-state index in [4.69, 9.17) is 0 Å². The molecule has 3 N–H and O–H groups in total. The first kappa shape index (κ1) is 23.2. The number of aromatic amines is 1. The number of pyridine rings is 1. The number of rotatable bonds is 6. The highest BCUT2D eigenvalue weighted by molar-refractivity contribution is 6.09. The summed E-state index contributed by atoms with van der Waals surface area (Å²) in [5.74, 6) is 0.270. The molecular weight excluding hydrogens is 428 g/mol. The van der Waals surface area contributed by atoms with E-state index in [2.05, 4.69) is 56.3 Å². The summed E-state index contributed by atoms with van der Waals surface area (Å²) in [5, 5.41) is 6.82. The SMILES string of the molecule is CNc1nccc(-c2cc(C(=O)NCc3c(C)cc(C)[nH]c3=O)c3c(C)cn(C(C)C)c3c2)n1. The first-order valence-electron chi connectivity index (χ1n) is 11.3. The molecule has 8 nitrogen and oxygen atoms in total. The molecule has 176 valence electrons. The maximum absolute atomic E-state index is 13.5. The van der Waals surface area contributed by atoms with Crippen LogP contribution in [0.5, 0.6) is 0 Å². The lowest BCUT2D eigenvalue weighted by Gasteiger charge is -2.14. The molecule has 0 saturated heterocycles. The lowest BCUT2D eigenvalue weighted by Crippen LogP contribution is -2.28. The Kier molecular flexibility index (Phi) is 6.24. The maximum atomic E-state index is 13.5. The van der Waals surface area contributed by atoms with Crippen molar-refractivity contribution < 1.29 is 4.79 Å². The van der Waals surface area contributed by atoms with Crippen molar-refractivity contribution in [2.45, 2.75) is 47.2 Å². The number of aromatic nitrogens is 4. The van der Waals surface area contributed by atoms with E-state index in [-0.39, 0.29) is 24.1 Å². The lowest BCUT2D eigenvalue weighted by molar-refractivity contribution is 0.0952. The predicted molar refractivity (Wildman–Crippen MR) is 135 cm³/mol. The molecule has 4 rings (SSSR count). The van der Waals surface area contributed by atoms with Crippen LogP contribution < -0.4 is 16.2 Å². The molecule has 0 unspecified atom stereocenters. The van der Waals surface area contributed by atoms with Crippen molar-refractivity contribution in [1.82, 2.24) is 24.8 Å². The zero-order chi connectivity index (χ0) is 24.6. The zero-order valence-corrected chi connectivity index (χ0v) is 20.4. The molecule has 0 aliphatic heterocycles. The molecule has 4 aromatic rings.